The molecule has 1 spiro atoms. The molecule has 0 radical (unpaired) electrons. The van der Waals surface area contributed by atoms with Gasteiger partial charge in [-0.15, -0.1) is 0 Å². The van der Waals surface area contributed by atoms with Gasteiger partial charge in [-0.1, -0.05) is 12.1 Å². The van der Waals surface area contributed by atoms with Crippen molar-refractivity contribution in [3.8, 4) is 5.75 Å². The van der Waals surface area contributed by atoms with Crippen LogP contribution in [0, 0.1) is 16.6 Å². The topological polar surface area (TPSA) is 88.2 Å². The first kappa shape index (κ1) is 20.1. The Morgan fingerprint density at radius 2 is 1.93 bits per heavy atom. The fourth-order valence-corrected chi connectivity index (χ4v) is 4.41. The Morgan fingerprint density at radius 3 is 2.53 bits per heavy atom. The first-order valence-corrected chi connectivity index (χ1v) is 10.1. The summed E-state index contributed by atoms with van der Waals surface area (Å²) in [5, 5.41) is 10.9. The summed E-state index contributed by atoms with van der Waals surface area (Å²) in [4.78, 5) is 12.8. The van der Waals surface area contributed by atoms with E-state index in [0.29, 0.717) is 35.0 Å². The van der Waals surface area contributed by atoms with E-state index in [4.69, 9.17) is 15.9 Å². The highest BCUT2D eigenvalue weighted by atomic mass is 19.1. The number of allylic oxidation sites excluding steroid dienone is 2. The molecule has 5 nitrogen and oxygen atoms in total. The van der Waals surface area contributed by atoms with E-state index in [1.165, 1.54) is 12.1 Å². The number of anilines is 1. The summed E-state index contributed by atoms with van der Waals surface area (Å²) in [5.74, 6) is 0.211. The van der Waals surface area contributed by atoms with Crippen LogP contribution in [-0.2, 0) is 4.79 Å². The highest BCUT2D eigenvalue weighted by Gasteiger charge is 2.54. The summed E-state index contributed by atoms with van der Waals surface area (Å²) in [5.41, 5.74) is 9.84. The number of ether oxygens (including phenoxy) is 1. The molecule has 2 aliphatic rings. The van der Waals surface area contributed by atoms with Gasteiger partial charge in [-0.2, -0.15) is 0 Å². The van der Waals surface area contributed by atoms with Gasteiger partial charge in [0.2, 0.25) is 5.91 Å². The molecule has 4 N–H and O–H groups in total. The summed E-state index contributed by atoms with van der Waals surface area (Å²) in [7, 11) is 0. The maximum absolute atomic E-state index is 13.9. The second-order valence-corrected chi connectivity index (χ2v) is 8.40. The van der Waals surface area contributed by atoms with E-state index in [-0.39, 0.29) is 29.5 Å². The van der Waals surface area contributed by atoms with Crippen LogP contribution in [0.2, 0.25) is 0 Å². The Labute approximate surface area is 175 Å². The Balaban J connectivity index is 1.50. The number of nitrogens with one attached hydrogen (secondary N) is 2. The lowest BCUT2D eigenvalue weighted by molar-refractivity contribution is -0.117. The third-order valence-electron chi connectivity index (χ3n) is 6.11. The molecule has 4 rings (SSSR count). The molecule has 2 aromatic rings. The van der Waals surface area contributed by atoms with E-state index in [9.17, 15) is 9.18 Å². The molecule has 6 heteroatoms. The average molecular weight is 407 g/mol. The van der Waals surface area contributed by atoms with E-state index in [1.54, 1.807) is 19.9 Å². The molecule has 30 heavy (non-hydrogen) atoms. The highest BCUT2D eigenvalue weighted by Crippen LogP contribution is 2.61. The number of amides is 1. The molecule has 1 atom stereocenters. The fourth-order valence-electron chi connectivity index (χ4n) is 4.41. The maximum atomic E-state index is 13.9. The molecule has 1 aliphatic carbocycles. The largest absolute Gasteiger partial charge is 0.493 e. The minimum absolute atomic E-state index is 0.0498. The Bertz CT molecular complexity index is 1030. The van der Waals surface area contributed by atoms with Gasteiger partial charge in [-0.05, 0) is 62.6 Å². The lowest BCUT2D eigenvalue weighted by Gasteiger charge is -2.33. The molecule has 156 valence electrons. The van der Waals surface area contributed by atoms with Gasteiger partial charge < -0.3 is 21.2 Å². The number of benzene rings is 2. The number of rotatable bonds is 5. The monoisotopic (exact) mass is 407 g/mol. The Morgan fingerprint density at radius 1 is 1.23 bits per heavy atom. The van der Waals surface area contributed by atoms with Gasteiger partial charge in [-0.25, -0.2) is 4.39 Å². The van der Waals surface area contributed by atoms with Gasteiger partial charge in [0.25, 0.3) is 0 Å². The zero-order chi connectivity index (χ0) is 21.5. The first-order chi connectivity index (χ1) is 14.3. The normalized spacial score (nSPS) is 19.4. The summed E-state index contributed by atoms with van der Waals surface area (Å²) in [6, 6.07) is 11.9. The lowest BCUT2D eigenvalue weighted by Crippen LogP contribution is -2.30. The zero-order valence-corrected chi connectivity index (χ0v) is 17.2. The van der Waals surface area contributed by atoms with Gasteiger partial charge in [-0.3, -0.25) is 4.79 Å². The quantitative estimate of drug-likeness (QED) is 0.620. The molecule has 1 fully saturated rings. The lowest BCUT2D eigenvalue weighted by atomic mass is 9.79. The van der Waals surface area contributed by atoms with Crippen molar-refractivity contribution in [1.82, 2.24) is 0 Å². The van der Waals surface area contributed by atoms with Gasteiger partial charge >= 0.3 is 0 Å². The van der Waals surface area contributed by atoms with Crippen LogP contribution >= 0.6 is 0 Å². The van der Waals surface area contributed by atoms with Crippen LogP contribution in [0.4, 0.5) is 10.1 Å². The molecule has 1 saturated carbocycles. The van der Waals surface area contributed by atoms with Crippen LogP contribution < -0.4 is 15.8 Å². The van der Waals surface area contributed by atoms with Crippen molar-refractivity contribution in [1.29, 1.82) is 5.41 Å². The molecule has 0 bridgehead atoms. The van der Waals surface area contributed by atoms with Gasteiger partial charge in [0.05, 0.1) is 6.61 Å². The maximum Gasteiger partial charge on any atom is 0.225 e. The number of hydrogen-bond acceptors (Lipinski definition) is 4. The predicted molar refractivity (Wildman–Crippen MR) is 116 cm³/mol. The van der Waals surface area contributed by atoms with E-state index in [2.05, 4.69) is 5.32 Å². The summed E-state index contributed by atoms with van der Waals surface area (Å²) >= 11 is 0. The second kappa shape index (κ2) is 7.59. The molecule has 2 aromatic carbocycles. The number of carbonyl (C=O) groups excluding carboxylic acids is 1. The van der Waals surface area contributed by atoms with E-state index in [0.717, 1.165) is 24.0 Å². The number of nitrogens with two attached hydrogens (primary N) is 1. The summed E-state index contributed by atoms with van der Waals surface area (Å²) < 4.78 is 19.7. The first-order valence-electron chi connectivity index (χ1n) is 10.1. The van der Waals surface area contributed by atoms with E-state index in [1.807, 2.05) is 24.3 Å². The highest BCUT2D eigenvalue weighted by molar-refractivity contribution is 6.21. The number of fused-ring (bicyclic) bond motifs is 1. The van der Waals surface area contributed by atoms with Crippen molar-refractivity contribution in [2.75, 3.05) is 11.9 Å². The molecule has 0 saturated heterocycles. The predicted octanol–water partition coefficient (Wildman–Crippen LogP) is 4.84. The van der Waals surface area contributed by atoms with Crippen LogP contribution in [0.25, 0.3) is 5.57 Å². The Kier molecular flexibility index (Phi) is 5.10. The second-order valence-electron chi connectivity index (χ2n) is 8.40. The van der Waals surface area contributed by atoms with Crippen LogP contribution in [0.3, 0.4) is 0 Å². The number of halogens is 1. The van der Waals surface area contributed by atoms with Crippen LogP contribution in [-0.4, -0.2) is 18.2 Å². The van der Waals surface area contributed by atoms with Crippen LogP contribution in [0.15, 0.2) is 48.2 Å². The molecule has 1 unspecified atom stereocenters. The van der Waals surface area contributed by atoms with Crippen LogP contribution in [0.1, 0.15) is 50.2 Å². The average Bonchev–Trinajstić information content (AvgIpc) is 3.46. The fraction of sp³-hybridized carbons (Fsp3) is 0.333. The zero-order valence-electron chi connectivity index (χ0n) is 17.2. The van der Waals surface area contributed by atoms with Crippen molar-refractivity contribution in [3.63, 3.8) is 0 Å². The van der Waals surface area contributed by atoms with Crippen molar-refractivity contribution in [2.24, 2.45) is 11.1 Å². The molecule has 1 heterocycles. The smallest absolute Gasteiger partial charge is 0.225 e. The van der Waals surface area contributed by atoms with E-state index < -0.39 is 0 Å². The van der Waals surface area contributed by atoms with Crippen molar-refractivity contribution in [3.05, 3.63) is 65.1 Å². The Hall–Kier alpha value is -3.15. The van der Waals surface area contributed by atoms with Crippen molar-refractivity contribution >= 4 is 22.9 Å². The van der Waals surface area contributed by atoms with Crippen LogP contribution in [0.5, 0.6) is 5.75 Å². The molecule has 1 aliphatic heterocycles. The third-order valence-corrected chi connectivity index (χ3v) is 6.11. The van der Waals surface area contributed by atoms with E-state index >= 15 is 0 Å². The van der Waals surface area contributed by atoms with Gasteiger partial charge in [0, 0.05) is 46.0 Å². The number of carbonyl (C=O) groups is 1. The molecule has 0 aromatic heterocycles. The third kappa shape index (κ3) is 3.82. The number of hydrogen-bond donors (Lipinski definition) is 3. The minimum Gasteiger partial charge on any atom is -0.493 e. The summed E-state index contributed by atoms with van der Waals surface area (Å²) in [6.45, 7) is 4.05. The van der Waals surface area contributed by atoms with Gasteiger partial charge in [0.15, 0.2) is 0 Å². The standard InChI is InChI=1S/C24H26FN3O2/c1-14(26)23(15(2)27)16-3-6-18(7-4-16)28-22(29)12-20-19-11-17(25)5-8-21(19)30-13-24(20)9-10-24/h3-8,11,20,26H,9-10,12-13,27H2,1-2H3,(H,28,29). The molecular formula is C24H26FN3O2. The molecular weight excluding hydrogens is 381 g/mol. The van der Waals surface area contributed by atoms with Crippen molar-refractivity contribution < 1.29 is 13.9 Å². The SMILES string of the molecule is CC(=N)C(=C(C)N)c1ccc(NC(=O)CC2c3cc(F)ccc3OCC23CC3)cc1. The van der Waals surface area contributed by atoms with Gasteiger partial charge in [0.1, 0.15) is 11.6 Å². The minimum atomic E-state index is -0.309. The molecule has 1 amide bonds. The summed E-state index contributed by atoms with van der Waals surface area (Å²) in [6.07, 6.45) is 2.27. The van der Waals surface area contributed by atoms with Crippen molar-refractivity contribution in [2.45, 2.75) is 39.0 Å².